The van der Waals surface area contributed by atoms with E-state index in [1.165, 1.54) is 48.8 Å². The SMILES string of the molecule is CCCCCCC(CSc1cccc[n+]1[O-])c1cc(C)ccc1C. The molecule has 24 heavy (non-hydrogen) atoms. The molecule has 0 amide bonds. The van der Waals surface area contributed by atoms with E-state index in [-0.39, 0.29) is 0 Å². The van der Waals surface area contributed by atoms with Crippen molar-refractivity contribution in [3.8, 4) is 0 Å². The first kappa shape index (κ1) is 18.9. The van der Waals surface area contributed by atoms with Gasteiger partial charge in [-0.25, -0.2) is 0 Å². The lowest BCUT2D eigenvalue weighted by Gasteiger charge is -2.19. The van der Waals surface area contributed by atoms with Gasteiger partial charge in [0.05, 0.1) is 0 Å². The van der Waals surface area contributed by atoms with Crippen LogP contribution in [0, 0.1) is 19.1 Å². The van der Waals surface area contributed by atoms with Gasteiger partial charge in [0.25, 0.3) is 5.03 Å². The fraction of sp³-hybridized carbons (Fsp3) is 0.476. The monoisotopic (exact) mass is 343 g/mol. The van der Waals surface area contributed by atoms with Crippen molar-refractivity contribution in [2.24, 2.45) is 0 Å². The van der Waals surface area contributed by atoms with Gasteiger partial charge in [0, 0.05) is 17.9 Å². The minimum Gasteiger partial charge on any atom is -0.618 e. The first-order valence-electron chi connectivity index (χ1n) is 9.00. The highest BCUT2D eigenvalue weighted by molar-refractivity contribution is 7.99. The van der Waals surface area contributed by atoms with E-state index in [4.69, 9.17) is 0 Å². The normalized spacial score (nSPS) is 12.3. The molecule has 0 aliphatic rings. The number of rotatable bonds is 9. The highest BCUT2D eigenvalue weighted by atomic mass is 32.2. The molecule has 1 unspecified atom stereocenters. The molecule has 0 radical (unpaired) electrons. The van der Waals surface area contributed by atoms with E-state index >= 15 is 0 Å². The number of pyridine rings is 1. The van der Waals surface area contributed by atoms with Gasteiger partial charge in [0.2, 0.25) is 0 Å². The third-order valence-corrected chi connectivity index (χ3v) is 5.68. The highest BCUT2D eigenvalue weighted by Gasteiger charge is 2.17. The number of thioether (sulfide) groups is 1. The number of hydrogen-bond acceptors (Lipinski definition) is 2. The molecule has 0 aliphatic heterocycles. The number of hydrogen-bond donors (Lipinski definition) is 0. The third-order valence-electron chi connectivity index (χ3n) is 4.50. The molecule has 0 saturated carbocycles. The second-order valence-corrected chi connectivity index (χ2v) is 7.62. The van der Waals surface area contributed by atoms with Gasteiger partial charge < -0.3 is 5.21 Å². The van der Waals surface area contributed by atoms with Gasteiger partial charge in [0.15, 0.2) is 6.20 Å². The molecule has 1 atom stereocenters. The van der Waals surface area contributed by atoms with Gasteiger partial charge in [-0.1, -0.05) is 68.1 Å². The van der Waals surface area contributed by atoms with Crippen molar-refractivity contribution >= 4 is 11.8 Å². The Labute approximate surface area is 150 Å². The summed E-state index contributed by atoms with van der Waals surface area (Å²) in [6.45, 7) is 6.61. The summed E-state index contributed by atoms with van der Waals surface area (Å²) < 4.78 is 0.974. The van der Waals surface area contributed by atoms with Crippen molar-refractivity contribution in [2.75, 3.05) is 5.75 Å². The maximum atomic E-state index is 11.9. The second kappa shape index (κ2) is 9.73. The van der Waals surface area contributed by atoms with Crippen LogP contribution in [0.5, 0.6) is 0 Å². The van der Waals surface area contributed by atoms with Crippen molar-refractivity contribution in [1.29, 1.82) is 0 Å². The minimum atomic E-state index is 0.506. The van der Waals surface area contributed by atoms with Crippen LogP contribution >= 0.6 is 11.8 Å². The molecule has 0 saturated heterocycles. The van der Waals surface area contributed by atoms with Gasteiger partial charge >= 0.3 is 0 Å². The predicted molar refractivity (Wildman–Crippen MR) is 104 cm³/mol. The summed E-state index contributed by atoms with van der Waals surface area (Å²) in [5, 5.41) is 12.7. The quantitative estimate of drug-likeness (QED) is 0.250. The smallest absolute Gasteiger partial charge is 0.251 e. The summed E-state index contributed by atoms with van der Waals surface area (Å²) in [5.74, 6) is 1.47. The Balaban J connectivity index is 2.10. The Kier molecular flexibility index (Phi) is 7.64. The molecule has 0 spiro atoms. The van der Waals surface area contributed by atoms with Crippen LogP contribution < -0.4 is 4.73 Å². The van der Waals surface area contributed by atoms with Crippen molar-refractivity contribution in [1.82, 2.24) is 0 Å². The molecule has 0 bridgehead atoms. The molecule has 130 valence electrons. The molecule has 0 fully saturated rings. The van der Waals surface area contributed by atoms with E-state index in [1.54, 1.807) is 24.0 Å². The Hall–Kier alpha value is -1.48. The van der Waals surface area contributed by atoms with Crippen molar-refractivity contribution in [3.63, 3.8) is 0 Å². The number of aryl methyl sites for hydroxylation is 2. The van der Waals surface area contributed by atoms with Crippen LogP contribution in [-0.2, 0) is 0 Å². The topological polar surface area (TPSA) is 26.9 Å². The standard InChI is InChI=1S/C21H29NOS/c1-4-5-6-7-10-19(20-15-17(2)12-13-18(20)3)16-24-21-11-8-9-14-22(21)23/h8-9,11-15,19H,4-7,10,16H2,1-3H3. The summed E-state index contributed by atoms with van der Waals surface area (Å²) in [7, 11) is 0. The van der Waals surface area contributed by atoms with Crippen LogP contribution in [0.3, 0.4) is 0 Å². The van der Waals surface area contributed by atoms with Gasteiger partial charge in [0.1, 0.15) is 0 Å². The van der Waals surface area contributed by atoms with Crippen LogP contribution in [0.2, 0.25) is 0 Å². The Morgan fingerprint density at radius 1 is 1.08 bits per heavy atom. The van der Waals surface area contributed by atoms with Crippen molar-refractivity contribution in [3.05, 3.63) is 64.5 Å². The predicted octanol–water partition coefficient (Wildman–Crippen LogP) is 5.78. The minimum absolute atomic E-state index is 0.506. The first-order valence-corrected chi connectivity index (χ1v) is 9.98. The molecule has 0 N–H and O–H groups in total. The molecule has 2 aromatic rings. The molecular formula is C21H29NOS. The van der Waals surface area contributed by atoms with E-state index in [2.05, 4.69) is 39.0 Å². The van der Waals surface area contributed by atoms with E-state index < -0.39 is 0 Å². The van der Waals surface area contributed by atoms with Crippen molar-refractivity contribution < 1.29 is 4.73 Å². The zero-order valence-corrected chi connectivity index (χ0v) is 15.9. The third kappa shape index (κ3) is 5.55. The molecule has 1 aromatic carbocycles. The van der Waals surface area contributed by atoms with Gasteiger partial charge in [-0.3, -0.25) is 0 Å². The van der Waals surface area contributed by atoms with E-state index in [0.29, 0.717) is 5.92 Å². The molecule has 2 nitrogen and oxygen atoms in total. The lowest BCUT2D eigenvalue weighted by atomic mass is 9.90. The van der Waals surface area contributed by atoms with Crippen LogP contribution in [0.1, 0.15) is 61.6 Å². The lowest BCUT2D eigenvalue weighted by molar-refractivity contribution is -0.645. The average Bonchev–Trinajstić information content (AvgIpc) is 2.58. The molecule has 1 aromatic heterocycles. The lowest BCUT2D eigenvalue weighted by Crippen LogP contribution is -2.28. The summed E-state index contributed by atoms with van der Waals surface area (Å²) in [4.78, 5) is 0. The molecule has 0 aliphatic carbocycles. The molecular weight excluding hydrogens is 314 g/mol. The highest BCUT2D eigenvalue weighted by Crippen LogP contribution is 2.31. The number of unbranched alkanes of at least 4 members (excludes halogenated alkanes) is 3. The molecule has 1 heterocycles. The Bertz CT molecular complexity index is 641. The van der Waals surface area contributed by atoms with E-state index in [0.717, 1.165) is 15.5 Å². The maximum absolute atomic E-state index is 11.9. The number of benzene rings is 1. The fourth-order valence-corrected chi connectivity index (χ4v) is 4.14. The van der Waals surface area contributed by atoms with Crippen LogP contribution in [0.15, 0.2) is 47.6 Å². The van der Waals surface area contributed by atoms with Crippen molar-refractivity contribution in [2.45, 2.75) is 63.8 Å². The summed E-state index contributed by atoms with van der Waals surface area (Å²) in [5.41, 5.74) is 4.13. The summed E-state index contributed by atoms with van der Waals surface area (Å²) in [6, 6.07) is 12.4. The Morgan fingerprint density at radius 2 is 1.92 bits per heavy atom. The van der Waals surface area contributed by atoms with Crippen LogP contribution in [0.25, 0.3) is 0 Å². The van der Waals surface area contributed by atoms with Crippen LogP contribution in [0.4, 0.5) is 0 Å². The largest absolute Gasteiger partial charge is 0.618 e. The average molecular weight is 344 g/mol. The Morgan fingerprint density at radius 3 is 2.67 bits per heavy atom. The molecule has 3 heteroatoms. The second-order valence-electron chi connectivity index (χ2n) is 6.58. The van der Waals surface area contributed by atoms with E-state index in [9.17, 15) is 5.21 Å². The number of aromatic nitrogens is 1. The summed E-state index contributed by atoms with van der Waals surface area (Å²) >= 11 is 1.68. The zero-order chi connectivity index (χ0) is 17.4. The zero-order valence-electron chi connectivity index (χ0n) is 15.1. The van der Waals surface area contributed by atoms with Gasteiger partial charge in [-0.2, -0.15) is 4.73 Å². The van der Waals surface area contributed by atoms with Gasteiger partial charge in [-0.05, 0) is 43.4 Å². The number of nitrogens with zero attached hydrogens (tertiary/aromatic N) is 1. The van der Waals surface area contributed by atoms with Gasteiger partial charge in [-0.15, -0.1) is 0 Å². The van der Waals surface area contributed by atoms with Crippen LogP contribution in [-0.4, -0.2) is 5.75 Å². The maximum Gasteiger partial charge on any atom is 0.251 e. The van der Waals surface area contributed by atoms with E-state index in [1.807, 2.05) is 12.1 Å². The summed E-state index contributed by atoms with van der Waals surface area (Å²) in [6.07, 6.45) is 7.92. The fourth-order valence-electron chi connectivity index (χ4n) is 3.06. The first-order chi connectivity index (χ1) is 11.6. The molecule has 2 rings (SSSR count).